The number of carbonyl (C=O) groups excluding carboxylic acids is 1. The number of hydrogen-bond acceptors (Lipinski definition) is 7. The number of hydrogen-bond donors (Lipinski definition) is 3. The number of nitrogens with one attached hydrogen (secondary N) is 2. The van der Waals surface area contributed by atoms with Gasteiger partial charge in [0.1, 0.15) is 23.2 Å². The quantitative estimate of drug-likeness (QED) is 0.422. The van der Waals surface area contributed by atoms with Crippen LogP contribution in [0.5, 0.6) is 5.75 Å². The fraction of sp³-hybridized carbons (Fsp3) is 0.294. The van der Waals surface area contributed by atoms with E-state index in [2.05, 4.69) is 10.6 Å². The van der Waals surface area contributed by atoms with E-state index in [-0.39, 0.29) is 17.9 Å². The summed E-state index contributed by atoms with van der Waals surface area (Å²) in [7, 11) is 0. The number of furan rings is 1. The number of rotatable bonds is 10. The Morgan fingerprint density at radius 3 is 2.74 bits per heavy atom. The van der Waals surface area contributed by atoms with Gasteiger partial charge in [-0.25, -0.2) is 0 Å². The molecule has 1 atom stereocenters. The summed E-state index contributed by atoms with van der Waals surface area (Å²) in [5.41, 5.74) is -0.381. The Labute approximate surface area is 154 Å². The molecule has 1 heterocycles. The van der Waals surface area contributed by atoms with Gasteiger partial charge in [0.25, 0.3) is 5.69 Å². The van der Waals surface area contributed by atoms with Crippen LogP contribution < -0.4 is 15.4 Å². The number of nitro groups is 1. The van der Waals surface area contributed by atoms with Crippen LogP contribution in [0.15, 0.2) is 41.0 Å². The summed E-state index contributed by atoms with van der Waals surface area (Å²) in [5, 5.41) is 25.5. The van der Waals surface area contributed by atoms with Crippen LogP contribution in [0.2, 0.25) is 0 Å². The Balaban J connectivity index is 2.03. The van der Waals surface area contributed by atoms with Crippen molar-refractivity contribution in [3.8, 4) is 5.75 Å². The first kappa shape index (κ1) is 19.9. The van der Waals surface area contributed by atoms with Gasteiger partial charge in [-0.3, -0.25) is 25.0 Å². The van der Waals surface area contributed by atoms with Crippen molar-refractivity contribution in [3.05, 3.63) is 52.5 Å². The van der Waals surface area contributed by atoms with Crippen LogP contribution in [0.25, 0.3) is 0 Å². The number of aliphatic carboxylic acids is 1. The second-order valence-electron chi connectivity index (χ2n) is 5.47. The van der Waals surface area contributed by atoms with Gasteiger partial charge >= 0.3 is 5.97 Å². The maximum atomic E-state index is 12.2. The molecule has 0 aliphatic carbocycles. The van der Waals surface area contributed by atoms with Gasteiger partial charge in [-0.15, -0.1) is 0 Å². The first-order valence-electron chi connectivity index (χ1n) is 8.10. The molecule has 27 heavy (non-hydrogen) atoms. The molecule has 144 valence electrons. The van der Waals surface area contributed by atoms with E-state index in [1.165, 1.54) is 24.5 Å². The molecular weight excluding hydrogens is 358 g/mol. The number of carboxylic acid groups (broad SMARTS) is 1. The fourth-order valence-electron chi connectivity index (χ4n) is 2.30. The Kier molecular flexibility index (Phi) is 6.89. The maximum absolute atomic E-state index is 12.2. The van der Waals surface area contributed by atoms with Crippen molar-refractivity contribution in [3.63, 3.8) is 0 Å². The molecular formula is C17H19N3O7. The summed E-state index contributed by atoms with van der Waals surface area (Å²) >= 11 is 0. The minimum atomic E-state index is -1.22. The summed E-state index contributed by atoms with van der Waals surface area (Å²) in [6.45, 7) is 2.20. The van der Waals surface area contributed by atoms with Crippen molar-refractivity contribution in [2.75, 3.05) is 11.9 Å². The second-order valence-corrected chi connectivity index (χ2v) is 5.47. The molecule has 2 aromatic rings. The van der Waals surface area contributed by atoms with E-state index in [1.807, 2.05) is 0 Å². The van der Waals surface area contributed by atoms with E-state index in [1.54, 1.807) is 19.1 Å². The Bertz CT molecular complexity index is 805. The number of anilines is 1. The number of nitro benzene ring substituents is 1. The van der Waals surface area contributed by atoms with Gasteiger partial charge in [0.05, 0.1) is 36.8 Å². The lowest BCUT2D eigenvalue weighted by Gasteiger charge is -2.14. The number of benzene rings is 1. The zero-order chi connectivity index (χ0) is 19.8. The fourth-order valence-corrected chi connectivity index (χ4v) is 2.30. The first-order valence-corrected chi connectivity index (χ1v) is 8.10. The lowest BCUT2D eigenvalue weighted by Crippen LogP contribution is -2.39. The average Bonchev–Trinajstić information content (AvgIpc) is 3.13. The molecule has 0 aliphatic rings. The number of nitrogens with zero attached hydrogens (tertiary/aromatic N) is 1. The lowest BCUT2D eigenvalue weighted by atomic mass is 10.2. The summed E-state index contributed by atoms with van der Waals surface area (Å²) in [5.74, 6) is -1.09. The Morgan fingerprint density at radius 1 is 1.37 bits per heavy atom. The molecule has 10 nitrogen and oxygen atoms in total. The van der Waals surface area contributed by atoms with Gasteiger partial charge < -0.3 is 19.6 Å². The van der Waals surface area contributed by atoms with E-state index in [0.29, 0.717) is 18.1 Å². The average molecular weight is 377 g/mol. The van der Waals surface area contributed by atoms with Crippen molar-refractivity contribution < 1.29 is 28.8 Å². The van der Waals surface area contributed by atoms with Gasteiger partial charge in [0.2, 0.25) is 5.91 Å². The van der Waals surface area contributed by atoms with E-state index in [0.717, 1.165) is 0 Å². The van der Waals surface area contributed by atoms with Crippen LogP contribution in [0, 0.1) is 10.1 Å². The van der Waals surface area contributed by atoms with Gasteiger partial charge in [-0.05, 0) is 31.2 Å². The smallest absolute Gasteiger partial charge is 0.321 e. The molecule has 1 unspecified atom stereocenters. The van der Waals surface area contributed by atoms with Crippen LogP contribution in [0.4, 0.5) is 11.4 Å². The molecule has 2 rings (SSSR count). The molecule has 1 aromatic heterocycles. The topological polar surface area (TPSA) is 144 Å². The Morgan fingerprint density at radius 2 is 2.15 bits per heavy atom. The zero-order valence-electron chi connectivity index (χ0n) is 14.5. The molecule has 0 radical (unpaired) electrons. The number of carboxylic acids is 1. The molecule has 0 bridgehead atoms. The third-order valence-corrected chi connectivity index (χ3v) is 3.54. The summed E-state index contributed by atoms with van der Waals surface area (Å²) < 4.78 is 10.3. The highest BCUT2D eigenvalue weighted by atomic mass is 16.6. The van der Waals surface area contributed by atoms with Gasteiger partial charge in [0.15, 0.2) is 0 Å². The molecule has 3 N–H and O–H groups in total. The zero-order valence-corrected chi connectivity index (χ0v) is 14.5. The molecule has 1 amide bonds. The monoisotopic (exact) mass is 377 g/mol. The molecule has 0 aliphatic heterocycles. The van der Waals surface area contributed by atoms with Gasteiger partial charge in [0, 0.05) is 0 Å². The highest BCUT2D eigenvalue weighted by molar-refractivity contribution is 5.95. The molecule has 10 heteroatoms. The molecule has 0 saturated heterocycles. The van der Waals surface area contributed by atoms with Gasteiger partial charge in [-0.2, -0.15) is 0 Å². The van der Waals surface area contributed by atoms with E-state index < -0.39 is 29.3 Å². The highest BCUT2D eigenvalue weighted by Gasteiger charge is 2.23. The van der Waals surface area contributed by atoms with E-state index in [4.69, 9.17) is 9.15 Å². The molecule has 0 spiro atoms. The number of ether oxygens (including phenoxy) is 1. The standard InChI is InChI=1S/C17H19N3O7/c1-2-26-11-5-6-13(15(8-11)20(24)25)19-16(21)9-14(17(22)23)18-10-12-4-3-7-27-12/h3-8,14,18H,2,9-10H2,1H3,(H,19,21)(H,22,23). The normalized spacial score (nSPS) is 11.6. The Hall–Kier alpha value is -3.40. The molecule has 1 aromatic carbocycles. The highest BCUT2D eigenvalue weighted by Crippen LogP contribution is 2.29. The lowest BCUT2D eigenvalue weighted by molar-refractivity contribution is -0.384. The third kappa shape index (κ3) is 5.82. The largest absolute Gasteiger partial charge is 0.494 e. The molecule has 0 saturated carbocycles. The summed E-state index contributed by atoms with van der Waals surface area (Å²) in [6, 6.07) is 6.16. The predicted molar refractivity (Wildman–Crippen MR) is 94.5 cm³/mol. The summed E-state index contributed by atoms with van der Waals surface area (Å²) in [4.78, 5) is 34.1. The van der Waals surface area contributed by atoms with Crippen LogP contribution in [0.1, 0.15) is 19.1 Å². The first-order chi connectivity index (χ1) is 12.9. The van der Waals surface area contributed by atoms with Crippen molar-refractivity contribution in [1.29, 1.82) is 0 Å². The van der Waals surface area contributed by atoms with Crippen molar-refractivity contribution in [1.82, 2.24) is 5.32 Å². The number of carbonyl (C=O) groups is 2. The minimum Gasteiger partial charge on any atom is -0.494 e. The van der Waals surface area contributed by atoms with Gasteiger partial charge in [-0.1, -0.05) is 0 Å². The maximum Gasteiger partial charge on any atom is 0.321 e. The second kappa shape index (κ2) is 9.34. The van der Waals surface area contributed by atoms with Crippen molar-refractivity contribution in [2.45, 2.75) is 25.9 Å². The van der Waals surface area contributed by atoms with Crippen LogP contribution in [0.3, 0.4) is 0 Å². The van der Waals surface area contributed by atoms with Crippen LogP contribution >= 0.6 is 0 Å². The minimum absolute atomic E-state index is 0.0383. The predicted octanol–water partition coefficient (Wildman–Crippen LogP) is 2.16. The third-order valence-electron chi connectivity index (χ3n) is 3.54. The van der Waals surface area contributed by atoms with Crippen molar-refractivity contribution >= 4 is 23.3 Å². The van der Waals surface area contributed by atoms with E-state index >= 15 is 0 Å². The van der Waals surface area contributed by atoms with Crippen LogP contribution in [-0.4, -0.2) is 34.6 Å². The van der Waals surface area contributed by atoms with Crippen molar-refractivity contribution in [2.24, 2.45) is 0 Å². The molecule has 0 fully saturated rings. The van der Waals surface area contributed by atoms with E-state index in [9.17, 15) is 24.8 Å². The number of amides is 1. The SMILES string of the molecule is CCOc1ccc(NC(=O)CC(NCc2ccco2)C(=O)O)c([N+](=O)[O-])c1. The summed E-state index contributed by atoms with van der Waals surface area (Å²) in [6.07, 6.45) is 1.03. The van der Waals surface area contributed by atoms with Crippen LogP contribution in [-0.2, 0) is 16.1 Å².